The van der Waals surface area contributed by atoms with E-state index in [2.05, 4.69) is 42.0 Å². The number of aromatic nitrogens is 2. The summed E-state index contributed by atoms with van der Waals surface area (Å²) in [5.41, 5.74) is 1.19. The van der Waals surface area contributed by atoms with Crippen LogP contribution in [0.2, 0.25) is 5.02 Å². The minimum absolute atomic E-state index is 0.785. The fourth-order valence-electron chi connectivity index (χ4n) is 2.15. The molecule has 0 amide bonds. The van der Waals surface area contributed by atoms with Gasteiger partial charge in [0.1, 0.15) is 0 Å². The van der Waals surface area contributed by atoms with Gasteiger partial charge in [-0.05, 0) is 34.1 Å². The average Bonchev–Trinajstić information content (AvgIpc) is 2.86. The Labute approximate surface area is 129 Å². The molecule has 0 aliphatic carbocycles. The first-order chi connectivity index (χ1) is 9.22. The Hall–Kier alpha value is -0.850. The van der Waals surface area contributed by atoms with Crippen molar-refractivity contribution < 1.29 is 0 Å². The smallest absolute Gasteiger partial charge is 0.209 e. The van der Waals surface area contributed by atoms with Crippen LogP contribution in [-0.4, -0.2) is 36.4 Å². The van der Waals surface area contributed by atoms with E-state index in [1.807, 2.05) is 18.2 Å². The van der Waals surface area contributed by atoms with Crippen LogP contribution in [0.5, 0.6) is 0 Å². The third-order valence-corrected chi connectivity index (χ3v) is 4.77. The summed E-state index contributed by atoms with van der Waals surface area (Å²) in [6.07, 6.45) is 0. The van der Waals surface area contributed by atoms with Gasteiger partial charge in [-0.3, -0.25) is 0 Å². The molecule has 0 bridgehead atoms. The molecule has 1 saturated heterocycles. The number of benzene rings is 1. The summed E-state index contributed by atoms with van der Waals surface area (Å²) in [7, 11) is 0. The minimum Gasteiger partial charge on any atom is -0.368 e. The molecule has 19 heavy (non-hydrogen) atoms. The van der Waals surface area contributed by atoms with Crippen molar-refractivity contribution >= 4 is 49.7 Å². The summed E-state index contributed by atoms with van der Waals surface area (Å²) in [5.74, 6) is 0. The van der Waals surface area contributed by atoms with E-state index in [0.717, 1.165) is 40.3 Å². The molecule has 1 fully saturated rings. The number of rotatable bonds is 2. The molecule has 0 radical (unpaired) electrons. The van der Waals surface area contributed by atoms with Crippen molar-refractivity contribution in [2.75, 3.05) is 36.0 Å². The van der Waals surface area contributed by atoms with Crippen molar-refractivity contribution in [3.63, 3.8) is 0 Å². The zero-order chi connectivity index (χ0) is 13.2. The second-order valence-electron chi connectivity index (χ2n) is 4.29. The molecule has 100 valence electrons. The van der Waals surface area contributed by atoms with Crippen LogP contribution in [-0.2, 0) is 0 Å². The largest absolute Gasteiger partial charge is 0.368 e. The molecule has 0 N–H and O–H groups in total. The van der Waals surface area contributed by atoms with Crippen molar-refractivity contribution in [1.29, 1.82) is 0 Å². The Morgan fingerprint density at radius 2 is 1.84 bits per heavy atom. The Bertz CT molecular complexity index is 568. The van der Waals surface area contributed by atoms with Gasteiger partial charge in [-0.1, -0.05) is 29.0 Å². The van der Waals surface area contributed by atoms with Crippen LogP contribution in [0.15, 0.2) is 28.2 Å². The standard InChI is InChI=1S/C12H12BrClN4S/c13-11-15-16-12(19-11)18-6-4-17(5-7-18)10-3-1-2-9(14)8-10/h1-3,8H,4-7H2. The van der Waals surface area contributed by atoms with E-state index in [0.29, 0.717) is 0 Å². The minimum atomic E-state index is 0.785. The first-order valence-corrected chi connectivity index (χ1v) is 7.95. The first-order valence-electron chi connectivity index (χ1n) is 5.97. The van der Waals surface area contributed by atoms with Gasteiger partial charge in [0.2, 0.25) is 5.13 Å². The first kappa shape index (κ1) is 13.1. The van der Waals surface area contributed by atoms with Gasteiger partial charge in [-0.15, -0.1) is 10.2 Å². The lowest BCUT2D eigenvalue weighted by Crippen LogP contribution is -2.46. The van der Waals surface area contributed by atoms with E-state index in [-0.39, 0.29) is 0 Å². The summed E-state index contributed by atoms with van der Waals surface area (Å²) in [4.78, 5) is 4.61. The van der Waals surface area contributed by atoms with Gasteiger partial charge in [0.25, 0.3) is 0 Å². The van der Waals surface area contributed by atoms with Gasteiger partial charge in [0.15, 0.2) is 3.92 Å². The zero-order valence-corrected chi connectivity index (χ0v) is 13.2. The Morgan fingerprint density at radius 3 is 2.47 bits per heavy atom. The molecular weight excluding hydrogens is 348 g/mol. The van der Waals surface area contributed by atoms with E-state index in [1.54, 1.807) is 11.3 Å². The molecule has 2 heterocycles. The van der Waals surface area contributed by atoms with E-state index < -0.39 is 0 Å². The zero-order valence-electron chi connectivity index (χ0n) is 10.1. The lowest BCUT2D eigenvalue weighted by molar-refractivity contribution is 0.649. The summed E-state index contributed by atoms with van der Waals surface area (Å²) in [6, 6.07) is 8.01. The molecule has 0 atom stereocenters. The highest BCUT2D eigenvalue weighted by molar-refractivity contribution is 9.11. The van der Waals surface area contributed by atoms with Gasteiger partial charge in [0.05, 0.1) is 0 Å². The summed E-state index contributed by atoms with van der Waals surface area (Å²) in [5, 5.41) is 9.92. The lowest BCUT2D eigenvalue weighted by Gasteiger charge is -2.35. The SMILES string of the molecule is Clc1cccc(N2CCN(c3nnc(Br)s3)CC2)c1. The molecule has 4 nitrogen and oxygen atoms in total. The van der Waals surface area contributed by atoms with Crippen LogP contribution >= 0.6 is 38.9 Å². The van der Waals surface area contributed by atoms with Crippen molar-refractivity contribution in [3.05, 3.63) is 33.2 Å². The summed E-state index contributed by atoms with van der Waals surface area (Å²) < 4.78 is 0.833. The second-order valence-corrected chi connectivity index (χ2v) is 6.96. The van der Waals surface area contributed by atoms with Crippen molar-refractivity contribution in [2.24, 2.45) is 0 Å². The molecule has 1 aliphatic rings. The van der Waals surface area contributed by atoms with Gasteiger partial charge in [-0.2, -0.15) is 0 Å². The third kappa shape index (κ3) is 3.01. The fraction of sp³-hybridized carbons (Fsp3) is 0.333. The molecule has 1 aromatic carbocycles. The highest BCUT2D eigenvalue weighted by Crippen LogP contribution is 2.26. The maximum Gasteiger partial charge on any atom is 0.209 e. The monoisotopic (exact) mass is 358 g/mol. The number of hydrogen-bond acceptors (Lipinski definition) is 5. The Morgan fingerprint density at radius 1 is 1.11 bits per heavy atom. The third-order valence-electron chi connectivity index (χ3n) is 3.11. The second kappa shape index (κ2) is 5.64. The van der Waals surface area contributed by atoms with E-state index >= 15 is 0 Å². The van der Waals surface area contributed by atoms with Crippen molar-refractivity contribution in [3.8, 4) is 0 Å². The van der Waals surface area contributed by atoms with Crippen LogP contribution in [0.25, 0.3) is 0 Å². The van der Waals surface area contributed by atoms with Gasteiger partial charge in [-0.25, -0.2) is 0 Å². The molecular formula is C12H12BrClN4S. The van der Waals surface area contributed by atoms with Gasteiger partial charge in [0, 0.05) is 36.9 Å². The predicted molar refractivity (Wildman–Crippen MR) is 83.5 cm³/mol. The van der Waals surface area contributed by atoms with Crippen LogP contribution in [0.4, 0.5) is 10.8 Å². The van der Waals surface area contributed by atoms with E-state index in [9.17, 15) is 0 Å². The summed E-state index contributed by atoms with van der Waals surface area (Å²) in [6.45, 7) is 3.84. The van der Waals surface area contributed by atoms with Crippen LogP contribution < -0.4 is 9.80 Å². The Kier molecular flexibility index (Phi) is 3.91. The number of halogens is 2. The molecule has 0 spiro atoms. The quantitative estimate of drug-likeness (QED) is 0.824. The molecule has 1 aliphatic heterocycles. The highest BCUT2D eigenvalue weighted by atomic mass is 79.9. The van der Waals surface area contributed by atoms with Crippen LogP contribution in [0, 0.1) is 0 Å². The van der Waals surface area contributed by atoms with E-state index in [4.69, 9.17) is 11.6 Å². The molecule has 0 saturated carbocycles. The normalized spacial score (nSPS) is 15.9. The Balaban J connectivity index is 1.66. The fourth-order valence-corrected chi connectivity index (χ4v) is 3.48. The molecule has 7 heteroatoms. The van der Waals surface area contributed by atoms with Gasteiger partial charge < -0.3 is 9.80 Å². The number of hydrogen-bond donors (Lipinski definition) is 0. The van der Waals surface area contributed by atoms with Crippen molar-refractivity contribution in [1.82, 2.24) is 10.2 Å². The maximum atomic E-state index is 6.03. The van der Waals surface area contributed by atoms with Crippen LogP contribution in [0.1, 0.15) is 0 Å². The average molecular weight is 360 g/mol. The van der Waals surface area contributed by atoms with Gasteiger partial charge >= 0.3 is 0 Å². The number of piperazine rings is 1. The van der Waals surface area contributed by atoms with E-state index in [1.165, 1.54) is 5.69 Å². The van der Waals surface area contributed by atoms with Crippen LogP contribution in [0.3, 0.4) is 0 Å². The number of anilines is 2. The molecule has 0 unspecified atom stereocenters. The molecule has 1 aromatic heterocycles. The van der Waals surface area contributed by atoms with Crippen molar-refractivity contribution in [2.45, 2.75) is 0 Å². The summed E-state index contributed by atoms with van der Waals surface area (Å²) >= 11 is 11.0. The number of nitrogens with zero attached hydrogens (tertiary/aromatic N) is 4. The molecule has 3 rings (SSSR count). The predicted octanol–water partition coefficient (Wildman–Crippen LogP) is 3.28. The maximum absolute atomic E-state index is 6.03. The highest BCUT2D eigenvalue weighted by Gasteiger charge is 2.20. The molecule has 2 aromatic rings. The topological polar surface area (TPSA) is 32.3 Å². The lowest BCUT2D eigenvalue weighted by atomic mass is 10.2.